The largest absolute Gasteiger partial charge is 0.330 e. The first-order valence-electron chi connectivity index (χ1n) is 5.46. The van der Waals surface area contributed by atoms with Crippen LogP contribution in [0.1, 0.15) is 24.4 Å². The first-order valence-corrected chi connectivity index (χ1v) is 5.46. The molecule has 1 atom stereocenters. The van der Waals surface area contributed by atoms with Crippen LogP contribution in [0.3, 0.4) is 0 Å². The average molecular weight is 234 g/mol. The van der Waals surface area contributed by atoms with Gasteiger partial charge in [0.15, 0.2) is 0 Å². The number of non-ortho nitro benzene ring substituents is 1. The molecule has 0 aromatic heterocycles. The molecule has 0 spiro atoms. The summed E-state index contributed by atoms with van der Waals surface area (Å²) >= 11 is 0. The molecule has 0 fully saturated rings. The van der Waals surface area contributed by atoms with Crippen LogP contribution in [0.25, 0.3) is 0 Å². The van der Waals surface area contributed by atoms with Gasteiger partial charge in [0.1, 0.15) is 0 Å². The lowest BCUT2D eigenvalue weighted by Gasteiger charge is -2.09. The van der Waals surface area contributed by atoms with Gasteiger partial charge < -0.3 is 11.2 Å². The molecule has 90 valence electrons. The summed E-state index contributed by atoms with van der Waals surface area (Å²) in [5.41, 5.74) is 10.5. The molecule has 0 saturated carbocycles. The predicted molar refractivity (Wildman–Crippen MR) is 64.7 cm³/mol. The van der Waals surface area contributed by atoms with Crippen LogP contribution in [0.4, 0.5) is 5.69 Å². The quantitative estimate of drug-likeness (QED) is 0.607. The summed E-state index contributed by atoms with van der Waals surface area (Å²) < 4.78 is 0. The van der Waals surface area contributed by atoms with Crippen LogP contribution in [0, 0.1) is 10.1 Å². The van der Waals surface area contributed by atoms with Crippen molar-refractivity contribution in [3.8, 4) is 0 Å². The van der Waals surface area contributed by atoms with Crippen LogP contribution in [0.5, 0.6) is 0 Å². The fourth-order valence-electron chi connectivity index (χ4n) is 1.87. The van der Waals surface area contributed by atoms with Crippen LogP contribution in [0.15, 0.2) is 29.4 Å². The minimum Gasteiger partial charge on any atom is -0.330 e. The number of nitrogens with one attached hydrogen (secondary N) is 1. The van der Waals surface area contributed by atoms with Crippen molar-refractivity contribution in [2.45, 2.75) is 18.9 Å². The standard InChI is InChI=1S/C11H14N4O2/c12-5-4-9-7-11(14-13-9)8-2-1-3-10(6-8)15(16)17/h1-3,6,11,14H,4-5,7,12H2. The molecule has 0 bridgehead atoms. The fraction of sp³-hybridized carbons (Fsp3) is 0.364. The van der Waals surface area contributed by atoms with Crippen LogP contribution >= 0.6 is 0 Å². The van der Waals surface area contributed by atoms with Crippen molar-refractivity contribution < 1.29 is 4.92 Å². The molecule has 1 unspecified atom stereocenters. The van der Waals surface area contributed by atoms with Gasteiger partial charge in [0, 0.05) is 24.3 Å². The van der Waals surface area contributed by atoms with E-state index in [0.29, 0.717) is 6.54 Å². The summed E-state index contributed by atoms with van der Waals surface area (Å²) in [6.07, 6.45) is 1.52. The number of rotatable bonds is 4. The fourth-order valence-corrected chi connectivity index (χ4v) is 1.87. The molecule has 0 saturated heterocycles. The van der Waals surface area contributed by atoms with Gasteiger partial charge in [-0.05, 0) is 18.5 Å². The third-order valence-electron chi connectivity index (χ3n) is 2.73. The number of hydrogen-bond acceptors (Lipinski definition) is 5. The monoisotopic (exact) mass is 234 g/mol. The van der Waals surface area contributed by atoms with Crippen LogP contribution < -0.4 is 11.2 Å². The number of hydrogen-bond donors (Lipinski definition) is 2. The lowest BCUT2D eigenvalue weighted by molar-refractivity contribution is -0.384. The molecule has 1 aliphatic heterocycles. The topological polar surface area (TPSA) is 93.5 Å². The maximum Gasteiger partial charge on any atom is 0.269 e. The molecular formula is C11H14N4O2. The molecule has 1 heterocycles. The van der Waals surface area contributed by atoms with E-state index in [1.807, 2.05) is 6.07 Å². The molecule has 3 N–H and O–H groups in total. The van der Waals surface area contributed by atoms with Gasteiger partial charge in [-0.25, -0.2) is 0 Å². The highest BCUT2D eigenvalue weighted by molar-refractivity contribution is 5.86. The Kier molecular flexibility index (Phi) is 3.34. The first kappa shape index (κ1) is 11.5. The van der Waals surface area contributed by atoms with Gasteiger partial charge in [-0.15, -0.1) is 0 Å². The summed E-state index contributed by atoms with van der Waals surface area (Å²) in [5.74, 6) is 0. The Labute approximate surface area is 98.7 Å². The van der Waals surface area contributed by atoms with Gasteiger partial charge in [0.2, 0.25) is 0 Å². The second kappa shape index (κ2) is 4.92. The van der Waals surface area contributed by atoms with Crippen molar-refractivity contribution >= 4 is 11.4 Å². The van der Waals surface area contributed by atoms with Crippen molar-refractivity contribution in [3.05, 3.63) is 39.9 Å². The Morgan fingerprint density at radius 1 is 1.59 bits per heavy atom. The van der Waals surface area contributed by atoms with Gasteiger partial charge in [-0.3, -0.25) is 10.1 Å². The van der Waals surface area contributed by atoms with Crippen molar-refractivity contribution in [1.29, 1.82) is 0 Å². The van der Waals surface area contributed by atoms with Crippen molar-refractivity contribution in [1.82, 2.24) is 5.43 Å². The van der Waals surface area contributed by atoms with E-state index in [0.717, 1.165) is 24.1 Å². The van der Waals surface area contributed by atoms with E-state index in [-0.39, 0.29) is 16.7 Å². The van der Waals surface area contributed by atoms with Crippen molar-refractivity contribution in [2.24, 2.45) is 10.8 Å². The highest BCUT2D eigenvalue weighted by Gasteiger charge is 2.20. The van der Waals surface area contributed by atoms with Crippen LogP contribution in [-0.2, 0) is 0 Å². The third-order valence-corrected chi connectivity index (χ3v) is 2.73. The first-order chi connectivity index (χ1) is 8.20. The molecule has 6 nitrogen and oxygen atoms in total. The number of benzene rings is 1. The van der Waals surface area contributed by atoms with Crippen molar-refractivity contribution in [3.63, 3.8) is 0 Å². The Balaban J connectivity index is 2.10. The summed E-state index contributed by atoms with van der Waals surface area (Å²) in [7, 11) is 0. The summed E-state index contributed by atoms with van der Waals surface area (Å²) in [6.45, 7) is 0.572. The summed E-state index contributed by atoms with van der Waals surface area (Å²) in [6, 6.07) is 6.65. The number of nitro groups is 1. The maximum atomic E-state index is 10.7. The Bertz CT molecular complexity index is 459. The van der Waals surface area contributed by atoms with Gasteiger partial charge in [-0.2, -0.15) is 5.10 Å². The zero-order valence-corrected chi connectivity index (χ0v) is 9.30. The molecule has 1 aromatic carbocycles. The van der Waals surface area contributed by atoms with E-state index in [4.69, 9.17) is 5.73 Å². The second-order valence-electron chi connectivity index (χ2n) is 3.95. The minimum absolute atomic E-state index is 0.0245. The predicted octanol–water partition coefficient (Wildman–Crippen LogP) is 1.33. The summed E-state index contributed by atoms with van der Waals surface area (Å²) in [5, 5.41) is 14.8. The Hall–Kier alpha value is -1.95. The number of nitrogens with zero attached hydrogens (tertiary/aromatic N) is 2. The maximum absolute atomic E-state index is 10.7. The second-order valence-corrected chi connectivity index (χ2v) is 3.95. The SMILES string of the molecule is NCCC1=NNC(c2cccc([N+](=O)[O-])c2)C1. The molecule has 0 aliphatic carbocycles. The van der Waals surface area contributed by atoms with E-state index in [1.54, 1.807) is 12.1 Å². The molecule has 0 amide bonds. The van der Waals surface area contributed by atoms with E-state index >= 15 is 0 Å². The van der Waals surface area contributed by atoms with E-state index in [2.05, 4.69) is 10.5 Å². The van der Waals surface area contributed by atoms with Gasteiger partial charge in [-0.1, -0.05) is 12.1 Å². The van der Waals surface area contributed by atoms with E-state index in [9.17, 15) is 10.1 Å². The lowest BCUT2D eigenvalue weighted by Crippen LogP contribution is -2.10. The van der Waals surface area contributed by atoms with Crippen LogP contribution in [-0.4, -0.2) is 17.2 Å². The highest BCUT2D eigenvalue weighted by atomic mass is 16.6. The highest BCUT2D eigenvalue weighted by Crippen LogP contribution is 2.25. The van der Waals surface area contributed by atoms with Crippen LogP contribution in [0.2, 0.25) is 0 Å². The number of nitrogens with two attached hydrogens (primary N) is 1. The molecule has 1 aromatic rings. The minimum atomic E-state index is -0.389. The zero-order chi connectivity index (χ0) is 12.3. The zero-order valence-electron chi connectivity index (χ0n) is 9.30. The third kappa shape index (κ3) is 2.59. The Morgan fingerprint density at radius 3 is 3.12 bits per heavy atom. The molecule has 1 aliphatic rings. The van der Waals surface area contributed by atoms with E-state index in [1.165, 1.54) is 6.07 Å². The number of hydrazone groups is 1. The number of nitro benzene ring substituents is 1. The van der Waals surface area contributed by atoms with Gasteiger partial charge >= 0.3 is 0 Å². The molecular weight excluding hydrogens is 220 g/mol. The van der Waals surface area contributed by atoms with Gasteiger partial charge in [0.25, 0.3) is 5.69 Å². The average Bonchev–Trinajstić information content (AvgIpc) is 2.78. The lowest BCUT2D eigenvalue weighted by atomic mass is 10.0. The molecule has 0 radical (unpaired) electrons. The Morgan fingerprint density at radius 2 is 2.41 bits per heavy atom. The molecule has 6 heteroatoms. The molecule has 2 rings (SSSR count). The smallest absolute Gasteiger partial charge is 0.269 e. The van der Waals surface area contributed by atoms with Crippen molar-refractivity contribution in [2.75, 3.05) is 6.54 Å². The molecule has 17 heavy (non-hydrogen) atoms. The van der Waals surface area contributed by atoms with Gasteiger partial charge in [0.05, 0.1) is 11.0 Å². The summed E-state index contributed by atoms with van der Waals surface area (Å²) in [4.78, 5) is 10.3. The van der Waals surface area contributed by atoms with E-state index < -0.39 is 0 Å². The normalized spacial score (nSPS) is 18.6.